The lowest BCUT2D eigenvalue weighted by molar-refractivity contribution is -0.122. The van der Waals surface area contributed by atoms with Crippen LogP contribution in [0, 0.1) is 13.8 Å². The Kier molecular flexibility index (Phi) is 4.30. The third-order valence-corrected chi connectivity index (χ3v) is 5.03. The van der Waals surface area contributed by atoms with E-state index in [1.807, 2.05) is 49.7 Å². The number of carbonyl (C=O) groups excluding carboxylic acids is 1. The molecule has 1 atom stereocenters. The van der Waals surface area contributed by atoms with Crippen molar-refractivity contribution in [1.82, 2.24) is 24.9 Å². The molecule has 1 aliphatic carbocycles. The summed E-state index contributed by atoms with van der Waals surface area (Å²) in [7, 11) is 0. The van der Waals surface area contributed by atoms with E-state index in [1.165, 1.54) is 10.2 Å². The molecular weight excluding hydrogens is 342 g/mol. The number of aromatic nitrogens is 4. The second-order valence-electron chi connectivity index (χ2n) is 7.33. The molecule has 2 heterocycles. The topological polar surface area (TPSA) is 81.8 Å². The molecule has 1 saturated carbocycles. The van der Waals surface area contributed by atoms with Crippen LogP contribution in [0.25, 0.3) is 10.9 Å². The fourth-order valence-electron chi connectivity index (χ4n) is 3.33. The zero-order chi connectivity index (χ0) is 19.1. The predicted molar refractivity (Wildman–Crippen MR) is 103 cm³/mol. The van der Waals surface area contributed by atoms with Crippen LogP contribution in [0.2, 0.25) is 0 Å². The summed E-state index contributed by atoms with van der Waals surface area (Å²) in [6.07, 6.45) is 3.81. The van der Waals surface area contributed by atoms with Gasteiger partial charge in [-0.1, -0.05) is 29.8 Å². The Morgan fingerprint density at radius 1 is 1.26 bits per heavy atom. The molecular formula is C20H23N5O2. The van der Waals surface area contributed by atoms with Crippen molar-refractivity contribution in [1.29, 1.82) is 0 Å². The van der Waals surface area contributed by atoms with Crippen LogP contribution in [-0.4, -0.2) is 25.5 Å². The maximum absolute atomic E-state index is 12.8. The molecule has 0 aliphatic heterocycles. The number of aryl methyl sites for hydroxylation is 2. The summed E-state index contributed by atoms with van der Waals surface area (Å²) in [5, 5.41) is 12.2. The van der Waals surface area contributed by atoms with E-state index < -0.39 is 0 Å². The van der Waals surface area contributed by atoms with Crippen molar-refractivity contribution in [3.8, 4) is 0 Å². The van der Waals surface area contributed by atoms with Crippen LogP contribution in [0.1, 0.15) is 48.7 Å². The molecule has 140 valence electrons. The summed E-state index contributed by atoms with van der Waals surface area (Å²) in [6, 6.07) is 8.24. The molecule has 4 rings (SSSR count). The first-order valence-corrected chi connectivity index (χ1v) is 9.25. The molecule has 1 aromatic carbocycles. The molecule has 27 heavy (non-hydrogen) atoms. The minimum atomic E-state index is -0.268. The second-order valence-corrected chi connectivity index (χ2v) is 7.33. The van der Waals surface area contributed by atoms with Crippen molar-refractivity contribution in [2.75, 3.05) is 0 Å². The highest BCUT2D eigenvalue weighted by Gasteiger charge is 2.28. The van der Waals surface area contributed by atoms with Gasteiger partial charge in [-0.15, -0.1) is 0 Å². The van der Waals surface area contributed by atoms with E-state index in [0.717, 1.165) is 23.9 Å². The highest BCUT2D eigenvalue weighted by Crippen LogP contribution is 2.36. The van der Waals surface area contributed by atoms with Crippen LogP contribution < -0.4 is 10.9 Å². The van der Waals surface area contributed by atoms with Crippen molar-refractivity contribution >= 4 is 16.8 Å². The van der Waals surface area contributed by atoms with Crippen molar-refractivity contribution in [3.05, 3.63) is 57.6 Å². The van der Waals surface area contributed by atoms with Gasteiger partial charge >= 0.3 is 0 Å². The summed E-state index contributed by atoms with van der Waals surface area (Å²) >= 11 is 0. The number of amides is 1. The Morgan fingerprint density at radius 3 is 2.63 bits per heavy atom. The van der Waals surface area contributed by atoms with Gasteiger partial charge in [-0.05, 0) is 39.2 Å². The smallest absolute Gasteiger partial charge is 0.278 e. The summed E-state index contributed by atoms with van der Waals surface area (Å²) in [6.45, 7) is 5.66. The molecule has 3 aromatic rings. The van der Waals surface area contributed by atoms with Gasteiger partial charge in [0.15, 0.2) is 0 Å². The fourth-order valence-corrected chi connectivity index (χ4v) is 3.33. The Bertz CT molecular complexity index is 1060. The number of benzene rings is 1. The van der Waals surface area contributed by atoms with E-state index in [9.17, 15) is 9.59 Å². The third kappa shape index (κ3) is 3.37. The van der Waals surface area contributed by atoms with Gasteiger partial charge in [0.1, 0.15) is 6.54 Å². The summed E-state index contributed by atoms with van der Waals surface area (Å²) in [5.74, 6) is -0.246. The summed E-state index contributed by atoms with van der Waals surface area (Å²) < 4.78 is 3.11. The van der Waals surface area contributed by atoms with E-state index in [1.54, 1.807) is 6.20 Å². The Hall–Kier alpha value is -2.96. The fraction of sp³-hybridized carbons (Fsp3) is 0.400. The number of hydrogen-bond donors (Lipinski definition) is 1. The van der Waals surface area contributed by atoms with E-state index in [2.05, 4.69) is 15.5 Å². The second kappa shape index (κ2) is 6.64. The number of rotatable bonds is 5. The molecule has 7 nitrogen and oxygen atoms in total. The van der Waals surface area contributed by atoms with Gasteiger partial charge in [0.2, 0.25) is 5.91 Å². The van der Waals surface area contributed by atoms with Gasteiger partial charge in [-0.3, -0.25) is 14.3 Å². The molecule has 1 N–H and O–H groups in total. The van der Waals surface area contributed by atoms with Gasteiger partial charge in [-0.2, -0.15) is 10.2 Å². The molecule has 1 unspecified atom stereocenters. The summed E-state index contributed by atoms with van der Waals surface area (Å²) in [4.78, 5) is 25.2. The van der Waals surface area contributed by atoms with E-state index >= 15 is 0 Å². The molecule has 0 radical (unpaired) electrons. The van der Waals surface area contributed by atoms with Crippen LogP contribution in [0.4, 0.5) is 0 Å². The molecule has 0 saturated heterocycles. The average molecular weight is 365 g/mol. The maximum Gasteiger partial charge on any atom is 0.278 e. The van der Waals surface area contributed by atoms with E-state index in [0.29, 0.717) is 17.1 Å². The standard InChI is InChI=1S/C20H23N5O2/c1-12-4-6-15(7-5-12)13(2)22-18(26)11-24-20(27)19-14(3)23-25(16-8-9-16)17(19)10-21-24/h4-7,10,13,16H,8-9,11H2,1-3H3,(H,22,26). The van der Waals surface area contributed by atoms with Gasteiger partial charge in [0.25, 0.3) is 5.56 Å². The molecule has 0 spiro atoms. The SMILES string of the molecule is Cc1ccc(C(C)NC(=O)Cn2ncc3c(c(C)nn3C3CC3)c2=O)cc1. The minimum absolute atomic E-state index is 0.112. The Labute approximate surface area is 157 Å². The largest absolute Gasteiger partial charge is 0.348 e. The Morgan fingerprint density at radius 2 is 1.96 bits per heavy atom. The third-order valence-electron chi connectivity index (χ3n) is 5.03. The van der Waals surface area contributed by atoms with Crippen molar-refractivity contribution < 1.29 is 4.79 Å². The molecule has 2 aromatic heterocycles. The van der Waals surface area contributed by atoms with Gasteiger partial charge < -0.3 is 5.32 Å². The van der Waals surface area contributed by atoms with E-state index in [-0.39, 0.29) is 24.1 Å². The molecule has 0 bridgehead atoms. The van der Waals surface area contributed by atoms with Crippen LogP contribution in [0.15, 0.2) is 35.3 Å². The molecule has 1 amide bonds. The van der Waals surface area contributed by atoms with Gasteiger partial charge in [-0.25, -0.2) is 4.68 Å². The minimum Gasteiger partial charge on any atom is -0.348 e. The number of carbonyl (C=O) groups is 1. The normalized spacial score (nSPS) is 15.1. The number of fused-ring (bicyclic) bond motifs is 1. The highest BCUT2D eigenvalue weighted by atomic mass is 16.2. The van der Waals surface area contributed by atoms with Crippen molar-refractivity contribution in [2.24, 2.45) is 0 Å². The first-order chi connectivity index (χ1) is 12.9. The highest BCUT2D eigenvalue weighted by molar-refractivity contribution is 5.81. The van der Waals surface area contributed by atoms with Crippen LogP contribution >= 0.6 is 0 Å². The lowest BCUT2D eigenvalue weighted by Crippen LogP contribution is -2.35. The average Bonchev–Trinajstić information content (AvgIpc) is 3.41. The zero-order valence-electron chi connectivity index (χ0n) is 15.8. The van der Waals surface area contributed by atoms with Gasteiger partial charge in [0.05, 0.1) is 34.9 Å². The Balaban J connectivity index is 1.53. The molecule has 1 fully saturated rings. The number of nitrogens with one attached hydrogen (secondary N) is 1. The quantitative estimate of drug-likeness (QED) is 0.753. The first-order valence-electron chi connectivity index (χ1n) is 9.25. The van der Waals surface area contributed by atoms with Gasteiger partial charge in [0, 0.05) is 0 Å². The predicted octanol–water partition coefficient (Wildman–Crippen LogP) is 2.42. The number of nitrogens with zero attached hydrogens (tertiary/aromatic N) is 4. The van der Waals surface area contributed by atoms with Crippen LogP contribution in [0.3, 0.4) is 0 Å². The molecule has 7 heteroatoms. The maximum atomic E-state index is 12.8. The van der Waals surface area contributed by atoms with Crippen molar-refractivity contribution in [2.45, 2.75) is 52.2 Å². The van der Waals surface area contributed by atoms with E-state index in [4.69, 9.17) is 0 Å². The van der Waals surface area contributed by atoms with Crippen molar-refractivity contribution in [3.63, 3.8) is 0 Å². The monoisotopic (exact) mass is 365 g/mol. The first kappa shape index (κ1) is 17.5. The zero-order valence-corrected chi connectivity index (χ0v) is 15.8. The lowest BCUT2D eigenvalue weighted by Gasteiger charge is -2.15. The lowest BCUT2D eigenvalue weighted by atomic mass is 10.1. The number of hydrogen-bond acceptors (Lipinski definition) is 4. The van der Waals surface area contributed by atoms with Crippen LogP contribution in [-0.2, 0) is 11.3 Å². The summed E-state index contributed by atoms with van der Waals surface area (Å²) in [5.41, 5.74) is 3.36. The molecule has 1 aliphatic rings. The van der Waals surface area contributed by atoms with Crippen LogP contribution in [0.5, 0.6) is 0 Å².